The molecule has 12 heavy (non-hydrogen) atoms. The molecule has 0 aliphatic heterocycles. The first-order valence-corrected chi connectivity index (χ1v) is 5.08. The summed E-state index contributed by atoms with van der Waals surface area (Å²) in [6.07, 6.45) is 2.04. The molecule has 0 fully saturated rings. The van der Waals surface area contributed by atoms with Gasteiger partial charge >= 0.3 is 0 Å². The molecule has 0 heterocycles. The molecule has 0 rings (SSSR count). The highest BCUT2D eigenvalue weighted by molar-refractivity contribution is 5.78. The van der Waals surface area contributed by atoms with Crippen LogP contribution in [-0.2, 0) is 4.79 Å². The van der Waals surface area contributed by atoms with Crippen LogP contribution >= 0.6 is 0 Å². The second-order valence-electron chi connectivity index (χ2n) is 3.35. The highest BCUT2D eigenvalue weighted by atomic mass is 16.1. The molecule has 1 unspecified atom stereocenters. The maximum Gasteiger partial charge on any atom is 0.132 e. The summed E-state index contributed by atoms with van der Waals surface area (Å²) >= 11 is 0. The zero-order valence-corrected chi connectivity index (χ0v) is 9.48. The SMILES string of the molecule is CC.CCC(CC(C)C)C(C)=O. The summed E-state index contributed by atoms with van der Waals surface area (Å²) in [7, 11) is 0. The average molecular weight is 172 g/mol. The molecule has 0 spiro atoms. The molecule has 0 aromatic carbocycles. The van der Waals surface area contributed by atoms with E-state index < -0.39 is 0 Å². The molecule has 1 heteroatoms. The molecular weight excluding hydrogens is 148 g/mol. The molecule has 0 aliphatic carbocycles. The Hall–Kier alpha value is -0.330. The summed E-state index contributed by atoms with van der Waals surface area (Å²) in [6, 6.07) is 0. The number of hydrogen-bond donors (Lipinski definition) is 0. The third-order valence-corrected chi connectivity index (χ3v) is 1.82. The lowest BCUT2D eigenvalue weighted by Gasteiger charge is -2.12. The molecule has 0 bridgehead atoms. The van der Waals surface area contributed by atoms with Gasteiger partial charge in [0.15, 0.2) is 0 Å². The summed E-state index contributed by atoms with van der Waals surface area (Å²) < 4.78 is 0. The van der Waals surface area contributed by atoms with Crippen molar-refractivity contribution >= 4 is 5.78 Å². The van der Waals surface area contributed by atoms with Crippen LogP contribution in [0.25, 0.3) is 0 Å². The van der Waals surface area contributed by atoms with Crippen molar-refractivity contribution in [2.45, 2.75) is 54.4 Å². The third-order valence-electron chi connectivity index (χ3n) is 1.82. The van der Waals surface area contributed by atoms with Crippen LogP contribution in [0.1, 0.15) is 54.4 Å². The maximum absolute atomic E-state index is 10.9. The Morgan fingerprint density at radius 2 is 1.67 bits per heavy atom. The minimum absolute atomic E-state index is 0.306. The Morgan fingerprint density at radius 1 is 1.25 bits per heavy atom. The van der Waals surface area contributed by atoms with Gasteiger partial charge in [0.2, 0.25) is 0 Å². The summed E-state index contributed by atoms with van der Waals surface area (Å²) in [4.78, 5) is 10.9. The number of carbonyl (C=O) groups is 1. The van der Waals surface area contributed by atoms with Crippen LogP contribution < -0.4 is 0 Å². The molecule has 0 amide bonds. The predicted octanol–water partition coefficient (Wildman–Crippen LogP) is 3.67. The molecular formula is C11H24O. The van der Waals surface area contributed by atoms with Crippen molar-refractivity contribution in [2.24, 2.45) is 11.8 Å². The van der Waals surface area contributed by atoms with E-state index in [0.29, 0.717) is 17.6 Å². The fraction of sp³-hybridized carbons (Fsp3) is 0.909. The molecule has 0 aromatic heterocycles. The Bertz CT molecular complexity index is 106. The van der Waals surface area contributed by atoms with Crippen molar-refractivity contribution in [1.82, 2.24) is 0 Å². The van der Waals surface area contributed by atoms with Gasteiger partial charge < -0.3 is 0 Å². The molecule has 0 saturated carbocycles. The number of ketones is 1. The Labute approximate surface area is 77.6 Å². The largest absolute Gasteiger partial charge is 0.300 e. The molecule has 0 radical (unpaired) electrons. The molecule has 0 aromatic rings. The van der Waals surface area contributed by atoms with E-state index in [1.165, 1.54) is 0 Å². The van der Waals surface area contributed by atoms with Crippen LogP contribution in [0.5, 0.6) is 0 Å². The van der Waals surface area contributed by atoms with Gasteiger partial charge in [0.05, 0.1) is 0 Å². The zero-order valence-electron chi connectivity index (χ0n) is 9.48. The van der Waals surface area contributed by atoms with Crippen molar-refractivity contribution in [3.8, 4) is 0 Å². The first kappa shape index (κ1) is 14.2. The van der Waals surface area contributed by atoms with Crippen molar-refractivity contribution in [3.05, 3.63) is 0 Å². The van der Waals surface area contributed by atoms with Crippen molar-refractivity contribution in [1.29, 1.82) is 0 Å². The van der Waals surface area contributed by atoms with Gasteiger partial charge in [-0.05, 0) is 25.7 Å². The lowest BCUT2D eigenvalue weighted by Crippen LogP contribution is -2.12. The third kappa shape index (κ3) is 7.77. The van der Waals surface area contributed by atoms with Gasteiger partial charge in [-0.15, -0.1) is 0 Å². The second kappa shape index (κ2) is 8.76. The number of Topliss-reactive ketones (excluding diaryl/α,β-unsaturated/α-hetero) is 1. The standard InChI is InChI=1S/C9H18O.C2H6/c1-5-9(8(4)10)6-7(2)3;1-2/h7,9H,5-6H2,1-4H3;1-2H3. The van der Waals surface area contributed by atoms with E-state index in [9.17, 15) is 4.79 Å². The van der Waals surface area contributed by atoms with E-state index in [-0.39, 0.29) is 0 Å². The molecule has 74 valence electrons. The first-order valence-electron chi connectivity index (χ1n) is 5.08. The number of rotatable bonds is 4. The van der Waals surface area contributed by atoms with Gasteiger partial charge in [-0.1, -0.05) is 34.6 Å². The van der Waals surface area contributed by atoms with E-state index >= 15 is 0 Å². The minimum atomic E-state index is 0.306. The summed E-state index contributed by atoms with van der Waals surface area (Å²) in [6.45, 7) is 12.1. The molecule has 1 nitrogen and oxygen atoms in total. The molecule has 0 N–H and O–H groups in total. The second-order valence-corrected chi connectivity index (χ2v) is 3.35. The highest BCUT2D eigenvalue weighted by Gasteiger charge is 2.12. The maximum atomic E-state index is 10.9. The molecule has 1 atom stereocenters. The topological polar surface area (TPSA) is 17.1 Å². The van der Waals surface area contributed by atoms with Crippen LogP contribution in [0.2, 0.25) is 0 Å². The van der Waals surface area contributed by atoms with E-state index in [4.69, 9.17) is 0 Å². The summed E-state index contributed by atoms with van der Waals surface area (Å²) in [5.74, 6) is 1.30. The predicted molar refractivity (Wildman–Crippen MR) is 55.3 cm³/mol. The Balaban J connectivity index is 0. The van der Waals surface area contributed by atoms with Gasteiger partial charge in [0.1, 0.15) is 5.78 Å². The van der Waals surface area contributed by atoms with Crippen LogP contribution in [-0.4, -0.2) is 5.78 Å². The normalized spacial score (nSPS) is 11.9. The summed E-state index contributed by atoms with van der Waals surface area (Å²) in [5.41, 5.74) is 0. The fourth-order valence-corrected chi connectivity index (χ4v) is 1.19. The minimum Gasteiger partial charge on any atom is -0.300 e. The lowest BCUT2D eigenvalue weighted by molar-refractivity contribution is -0.121. The monoisotopic (exact) mass is 172 g/mol. The first-order chi connectivity index (χ1) is 5.57. The number of carbonyl (C=O) groups excluding carboxylic acids is 1. The average Bonchev–Trinajstić information content (AvgIpc) is 2.03. The summed E-state index contributed by atoms with van der Waals surface area (Å²) in [5, 5.41) is 0. The van der Waals surface area contributed by atoms with Crippen molar-refractivity contribution in [3.63, 3.8) is 0 Å². The van der Waals surface area contributed by atoms with E-state index in [1.54, 1.807) is 6.92 Å². The van der Waals surface area contributed by atoms with Gasteiger partial charge in [0.25, 0.3) is 0 Å². The van der Waals surface area contributed by atoms with Gasteiger partial charge in [-0.2, -0.15) is 0 Å². The van der Waals surface area contributed by atoms with Gasteiger partial charge in [-0.3, -0.25) is 4.79 Å². The Morgan fingerprint density at radius 3 is 1.75 bits per heavy atom. The highest BCUT2D eigenvalue weighted by Crippen LogP contribution is 2.15. The van der Waals surface area contributed by atoms with E-state index in [1.807, 2.05) is 13.8 Å². The lowest BCUT2D eigenvalue weighted by atomic mass is 9.92. The van der Waals surface area contributed by atoms with Crippen molar-refractivity contribution in [2.75, 3.05) is 0 Å². The van der Waals surface area contributed by atoms with E-state index in [2.05, 4.69) is 20.8 Å². The van der Waals surface area contributed by atoms with Crippen LogP contribution in [0.15, 0.2) is 0 Å². The van der Waals surface area contributed by atoms with E-state index in [0.717, 1.165) is 12.8 Å². The van der Waals surface area contributed by atoms with Crippen LogP contribution in [0.3, 0.4) is 0 Å². The molecule has 0 saturated heterocycles. The molecule has 0 aliphatic rings. The quantitative estimate of drug-likeness (QED) is 0.632. The van der Waals surface area contributed by atoms with Crippen LogP contribution in [0, 0.1) is 11.8 Å². The van der Waals surface area contributed by atoms with Crippen molar-refractivity contribution < 1.29 is 4.79 Å². The van der Waals surface area contributed by atoms with Crippen LogP contribution in [0.4, 0.5) is 0 Å². The Kier molecular flexibility index (Phi) is 10.4. The smallest absolute Gasteiger partial charge is 0.132 e. The van der Waals surface area contributed by atoms with Gasteiger partial charge in [0, 0.05) is 5.92 Å². The zero-order chi connectivity index (χ0) is 10.1. The fourth-order valence-electron chi connectivity index (χ4n) is 1.19. The van der Waals surface area contributed by atoms with Gasteiger partial charge in [-0.25, -0.2) is 0 Å². The number of hydrogen-bond acceptors (Lipinski definition) is 1.